The predicted molar refractivity (Wildman–Crippen MR) is 95.2 cm³/mol. The summed E-state index contributed by atoms with van der Waals surface area (Å²) in [6.07, 6.45) is 5.57. The molecule has 25 heavy (non-hydrogen) atoms. The first kappa shape index (κ1) is 19.3. The number of likely N-dealkylation sites (tertiary alicyclic amines) is 1. The van der Waals surface area contributed by atoms with E-state index in [4.69, 9.17) is 20.0 Å². The number of terminal acetylenes is 1. The summed E-state index contributed by atoms with van der Waals surface area (Å²) in [6, 6.07) is 5.63. The third kappa shape index (κ3) is 3.80. The molecule has 0 saturated carbocycles. The minimum Gasteiger partial charge on any atom is -0.467 e. The molecule has 6 nitrogen and oxygen atoms in total. The molecule has 2 atom stereocenters. The highest BCUT2D eigenvalue weighted by Crippen LogP contribution is 2.41. The number of amides is 2. The number of rotatable bonds is 8. The minimum atomic E-state index is -2.01. The van der Waals surface area contributed by atoms with Crippen molar-refractivity contribution in [1.29, 1.82) is 0 Å². The van der Waals surface area contributed by atoms with Crippen LogP contribution in [-0.4, -0.2) is 37.9 Å². The van der Waals surface area contributed by atoms with Gasteiger partial charge in [0.2, 0.25) is 0 Å². The normalized spacial score (nSPS) is 20.1. The summed E-state index contributed by atoms with van der Waals surface area (Å²) in [7, 11) is -2.01. The van der Waals surface area contributed by atoms with E-state index in [0.29, 0.717) is 12.2 Å². The zero-order chi connectivity index (χ0) is 18.4. The molecule has 0 unspecified atom stereocenters. The maximum absolute atomic E-state index is 12.6. The van der Waals surface area contributed by atoms with Crippen LogP contribution < -0.4 is 0 Å². The van der Waals surface area contributed by atoms with Crippen molar-refractivity contribution in [2.45, 2.75) is 57.5 Å². The molecular formula is C18H25NO5Si. The van der Waals surface area contributed by atoms with Crippen LogP contribution >= 0.6 is 0 Å². The Kier molecular flexibility index (Phi) is 6.45. The van der Waals surface area contributed by atoms with E-state index < -0.39 is 26.6 Å². The van der Waals surface area contributed by atoms with E-state index in [1.165, 1.54) is 6.26 Å². The average molecular weight is 363 g/mol. The van der Waals surface area contributed by atoms with Gasteiger partial charge < -0.3 is 13.6 Å². The number of carbonyl (C=O) groups excluding carboxylic acids is 2. The molecule has 0 radical (unpaired) electrons. The summed E-state index contributed by atoms with van der Waals surface area (Å²) in [4.78, 5) is 25.9. The van der Waals surface area contributed by atoms with Gasteiger partial charge >= 0.3 is 6.09 Å². The van der Waals surface area contributed by atoms with Crippen molar-refractivity contribution in [3.05, 3.63) is 24.2 Å². The second-order valence-corrected chi connectivity index (χ2v) is 10.7. The van der Waals surface area contributed by atoms with Gasteiger partial charge in [0.25, 0.3) is 5.91 Å². The van der Waals surface area contributed by atoms with Crippen LogP contribution in [-0.2, 0) is 14.0 Å². The molecule has 1 aliphatic rings. The molecular weight excluding hydrogens is 338 g/mol. The summed E-state index contributed by atoms with van der Waals surface area (Å²) < 4.78 is 16.8. The smallest absolute Gasteiger partial charge is 0.417 e. The topological polar surface area (TPSA) is 69.0 Å². The molecule has 1 aromatic rings. The lowest BCUT2D eigenvalue weighted by atomic mass is 9.96. The van der Waals surface area contributed by atoms with Gasteiger partial charge in [0.15, 0.2) is 14.4 Å². The highest BCUT2D eigenvalue weighted by atomic mass is 28.4. The summed E-state index contributed by atoms with van der Waals surface area (Å²) in [5, 5.41) is 0. The number of nitrogens with zero attached hydrogens (tertiary/aromatic N) is 1. The van der Waals surface area contributed by atoms with Crippen LogP contribution in [0.25, 0.3) is 0 Å². The molecule has 136 valence electrons. The predicted octanol–water partition coefficient (Wildman–Crippen LogP) is 3.71. The number of β-lactam (4-membered cyclic amide) rings is 1. The number of ether oxygens (including phenoxy) is 1. The largest absolute Gasteiger partial charge is 0.467 e. The van der Waals surface area contributed by atoms with E-state index in [9.17, 15) is 9.59 Å². The lowest BCUT2D eigenvalue weighted by Crippen LogP contribution is -2.64. The summed E-state index contributed by atoms with van der Waals surface area (Å²) in [5.41, 5.74) is 0. The number of hydrogen-bond acceptors (Lipinski definition) is 5. The molecule has 2 amide bonds. The number of carbonyl (C=O) groups is 2. The SMILES string of the molecule is C#CCCOC(=O)N1C(=O)[C@@H](O[Si](CC)(CC)CC)[C@H]1c1ccco1. The Bertz CT molecular complexity index is 624. The quantitative estimate of drug-likeness (QED) is 0.305. The second-order valence-electron chi connectivity index (χ2n) is 6.02. The molecule has 1 fully saturated rings. The van der Waals surface area contributed by atoms with Crippen LogP contribution in [0.5, 0.6) is 0 Å². The molecule has 0 N–H and O–H groups in total. The molecule has 1 aliphatic heterocycles. The minimum absolute atomic E-state index is 0.0765. The molecule has 0 spiro atoms. The van der Waals surface area contributed by atoms with Crippen LogP contribution in [0, 0.1) is 12.3 Å². The summed E-state index contributed by atoms with van der Waals surface area (Å²) >= 11 is 0. The Hall–Kier alpha value is -2.04. The van der Waals surface area contributed by atoms with Crippen LogP contribution in [0.1, 0.15) is 39.0 Å². The monoisotopic (exact) mass is 363 g/mol. The van der Waals surface area contributed by atoms with Gasteiger partial charge in [-0.3, -0.25) is 4.79 Å². The van der Waals surface area contributed by atoms with E-state index in [-0.39, 0.29) is 12.5 Å². The molecule has 1 saturated heterocycles. The van der Waals surface area contributed by atoms with E-state index in [1.54, 1.807) is 12.1 Å². The van der Waals surface area contributed by atoms with Crippen molar-refractivity contribution >= 4 is 20.3 Å². The molecule has 2 heterocycles. The van der Waals surface area contributed by atoms with Gasteiger partial charge in [0.1, 0.15) is 18.4 Å². The number of hydrogen-bond donors (Lipinski definition) is 0. The third-order valence-corrected chi connectivity index (χ3v) is 9.48. The molecule has 0 bridgehead atoms. The lowest BCUT2D eigenvalue weighted by molar-refractivity contribution is -0.162. The fraction of sp³-hybridized carbons (Fsp3) is 0.556. The van der Waals surface area contributed by atoms with Gasteiger partial charge in [-0.15, -0.1) is 12.3 Å². The summed E-state index contributed by atoms with van der Waals surface area (Å²) in [6.45, 7) is 6.36. The van der Waals surface area contributed by atoms with E-state index in [2.05, 4.69) is 26.7 Å². The number of furan rings is 1. The standard InChI is InChI=1S/C18H25NO5Si/c1-5-9-12-23-18(21)19-15(14-11-10-13-22-14)16(17(19)20)24-25(6-2,7-3)8-4/h1,10-11,13,15-16H,6-9,12H2,2-4H3/t15-,16+/m1/s1. The van der Waals surface area contributed by atoms with Crippen LogP contribution in [0.15, 0.2) is 22.8 Å². The van der Waals surface area contributed by atoms with Gasteiger partial charge in [0.05, 0.1) is 6.26 Å². The fourth-order valence-electron chi connectivity index (χ4n) is 3.05. The van der Waals surface area contributed by atoms with Crippen molar-refractivity contribution in [3.8, 4) is 12.3 Å². The Morgan fingerprint density at radius 2 is 2.04 bits per heavy atom. The van der Waals surface area contributed by atoms with Crippen molar-refractivity contribution in [2.75, 3.05) is 6.61 Å². The highest BCUT2D eigenvalue weighted by molar-refractivity contribution is 6.73. The van der Waals surface area contributed by atoms with Gasteiger partial charge in [-0.2, -0.15) is 0 Å². The Morgan fingerprint density at radius 1 is 1.36 bits per heavy atom. The zero-order valence-corrected chi connectivity index (χ0v) is 16.0. The average Bonchev–Trinajstić information content (AvgIpc) is 3.15. The van der Waals surface area contributed by atoms with E-state index in [0.717, 1.165) is 23.0 Å². The van der Waals surface area contributed by atoms with Crippen molar-refractivity contribution in [3.63, 3.8) is 0 Å². The zero-order valence-electron chi connectivity index (χ0n) is 15.0. The van der Waals surface area contributed by atoms with Gasteiger partial charge in [-0.1, -0.05) is 20.8 Å². The molecule has 2 rings (SSSR count). The molecule has 0 aromatic carbocycles. The first-order valence-electron chi connectivity index (χ1n) is 8.68. The van der Waals surface area contributed by atoms with Gasteiger partial charge in [-0.05, 0) is 30.3 Å². The third-order valence-electron chi connectivity index (χ3n) is 4.86. The first-order chi connectivity index (χ1) is 12.0. The lowest BCUT2D eigenvalue weighted by Gasteiger charge is -2.46. The second kappa shape index (κ2) is 8.36. The van der Waals surface area contributed by atoms with Crippen LogP contribution in [0.4, 0.5) is 4.79 Å². The van der Waals surface area contributed by atoms with Crippen molar-refractivity contribution < 1.29 is 23.2 Å². The Labute approximate surface area is 149 Å². The molecule has 1 aromatic heterocycles. The molecule has 7 heteroatoms. The van der Waals surface area contributed by atoms with Gasteiger partial charge in [0, 0.05) is 6.42 Å². The van der Waals surface area contributed by atoms with Crippen molar-refractivity contribution in [2.24, 2.45) is 0 Å². The maximum Gasteiger partial charge on any atom is 0.417 e. The fourth-order valence-corrected chi connectivity index (χ4v) is 5.82. The first-order valence-corrected chi connectivity index (χ1v) is 11.2. The molecule has 0 aliphatic carbocycles. The van der Waals surface area contributed by atoms with E-state index in [1.807, 2.05) is 0 Å². The van der Waals surface area contributed by atoms with Crippen molar-refractivity contribution in [1.82, 2.24) is 4.90 Å². The van der Waals surface area contributed by atoms with Gasteiger partial charge in [-0.25, -0.2) is 9.69 Å². The van der Waals surface area contributed by atoms with Crippen LogP contribution in [0.2, 0.25) is 18.1 Å². The number of imide groups is 1. The maximum atomic E-state index is 12.6. The van der Waals surface area contributed by atoms with Crippen LogP contribution in [0.3, 0.4) is 0 Å². The highest BCUT2D eigenvalue weighted by Gasteiger charge is 2.56. The van der Waals surface area contributed by atoms with E-state index >= 15 is 0 Å². The Balaban J connectivity index is 2.19. The Morgan fingerprint density at radius 3 is 2.56 bits per heavy atom. The summed E-state index contributed by atoms with van der Waals surface area (Å²) in [5.74, 6) is 2.53.